The average molecular weight is 420 g/mol. The number of benzene rings is 2. The third kappa shape index (κ3) is 4.08. The number of amides is 2. The molecule has 1 N–H and O–H groups in total. The minimum absolute atomic E-state index is 0.0219. The van der Waals surface area contributed by atoms with Crippen molar-refractivity contribution < 1.29 is 23.8 Å². The number of anilines is 1. The van der Waals surface area contributed by atoms with Crippen LogP contribution in [0.1, 0.15) is 41.6 Å². The highest BCUT2D eigenvalue weighted by atomic mass is 16.7. The van der Waals surface area contributed by atoms with Gasteiger partial charge in [-0.15, -0.1) is 0 Å². The van der Waals surface area contributed by atoms with E-state index in [1.54, 1.807) is 24.3 Å². The highest BCUT2D eigenvalue weighted by molar-refractivity contribution is 6.04. The van der Waals surface area contributed by atoms with Crippen LogP contribution in [0.25, 0.3) is 6.08 Å². The van der Waals surface area contributed by atoms with Crippen LogP contribution < -0.4 is 19.5 Å². The Hall–Kier alpha value is -3.48. The van der Waals surface area contributed by atoms with E-state index in [9.17, 15) is 9.59 Å². The van der Waals surface area contributed by atoms with E-state index in [1.165, 1.54) is 6.08 Å². The summed E-state index contributed by atoms with van der Waals surface area (Å²) in [6, 6.07) is 10.9. The van der Waals surface area contributed by atoms with Crippen molar-refractivity contribution >= 4 is 23.6 Å². The molecule has 0 radical (unpaired) electrons. The van der Waals surface area contributed by atoms with Gasteiger partial charge in [0.15, 0.2) is 11.5 Å². The molecular weight excluding hydrogens is 396 g/mol. The molecule has 7 heteroatoms. The largest absolute Gasteiger partial charge is 0.493 e. The van der Waals surface area contributed by atoms with Crippen molar-refractivity contribution in [1.29, 1.82) is 0 Å². The van der Waals surface area contributed by atoms with Gasteiger partial charge in [-0.3, -0.25) is 9.59 Å². The molecule has 31 heavy (non-hydrogen) atoms. The van der Waals surface area contributed by atoms with Crippen LogP contribution >= 0.6 is 0 Å². The van der Waals surface area contributed by atoms with Gasteiger partial charge in [-0.05, 0) is 61.2 Å². The molecule has 3 aliphatic heterocycles. The average Bonchev–Trinajstić information content (AvgIpc) is 3.25. The van der Waals surface area contributed by atoms with Crippen LogP contribution in [-0.4, -0.2) is 42.7 Å². The van der Waals surface area contributed by atoms with Crippen molar-refractivity contribution in [2.24, 2.45) is 0 Å². The summed E-state index contributed by atoms with van der Waals surface area (Å²) in [4.78, 5) is 27.6. The van der Waals surface area contributed by atoms with Gasteiger partial charge in [-0.2, -0.15) is 0 Å². The Balaban J connectivity index is 1.31. The predicted octanol–water partition coefficient (Wildman–Crippen LogP) is 3.84. The number of nitrogens with zero attached hydrogens (tertiary/aromatic N) is 1. The lowest BCUT2D eigenvalue weighted by atomic mass is 9.97. The summed E-state index contributed by atoms with van der Waals surface area (Å²) < 4.78 is 16.5. The first-order valence-electron chi connectivity index (χ1n) is 10.6. The molecule has 1 fully saturated rings. The summed E-state index contributed by atoms with van der Waals surface area (Å²) in [5.41, 5.74) is 1.90. The SMILES string of the molecule is O=C(/C=C/c1ccc2c(c1)OCO2)Nc1ccc2c(c1)C(=O)N1CCCC[C@H]1CCO2. The first-order valence-corrected chi connectivity index (χ1v) is 10.6. The molecule has 2 aromatic rings. The summed E-state index contributed by atoms with van der Waals surface area (Å²) in [5.74, 6) is 1.63. The Labute approximate surface area is 180 Å². The third-order valence-electron chi connectivity index (χ3n) is 5.90. The van der Waals surface area contributed by atoms with Gasteiger partial charge in [0.1, 0.15) is 5.75 Å². The molecule has 3 heterocycles. The number of carbonyl (C=O) groups excluding carboxylic acids is 2. The van der Waals surface area contributed by atoms with E-state index in [2.05, 4.69) is 5.32 Å². The smallest absolute Gasteiger partial charge is 0.257 e. The zero-order chi connectivity index (χ0) is 21.2. The molecule has 0 aromatic heterocycles. The van der Waals surface area contributed by atoms with Crippen molar-refractivity contribution in [2.75, 3.05) is 25.3 Å². The van der Waals surface area contributed by atoms with Gasteiger partial charge < -0.3 is 24.4 Å². The number of carbonyl (C=O) groups is 2. The van der Waals surface area contributed by atoms with Gasteiger partial charge in [0.2, 0.25) is 12.7 Å². The van der Waals surface area contributed by atoms with Crippen LogP contribution in [0.4, 0.5) is 5.69 Å². The molecule has 160 valence electrons. The van der Waals surface area contributed by atoms with Crippen LogP contribution in [-0.2, 0) is 4.79 Å². The second kappa shape index (κ2) is 8.34. The standard InChI is InChI=1S/C24H24N2O5/c27-23(9-5-16-4-7-21-22(13-16)31-15-30-21)25-17-6-8-20-19(14-17)24(28)26-11-2-1-3-18(26)10-12-29-20/h4-9,13-14,18H,1-3,10-12,15H2,(H,25,27)/b9-5+/t18-/m0/s1. The molecule has 0 unspecified atom stereocenters. The van der Waals surface area contributed by atoms with Crippen LogP contribution in [0.5, 0.6) is 17.2 Å². The molecule has 3 aliphatic rings. The molecule has 2 aromatic carbocycles. The molecule has 0 aliphatic carbocycles. The highest BCUT2D eigenvalue weighted by Gasteiger charge is 2.31. The summed E-state index contributed by atoms with van der Waals surface area (Å²) in [6.07, 6.45) is 7.21. The lowest BCUT2D eigenvalue weighted by Gasteiger charge is -2.37. The van der Waals surface area contributed by atoms with Crippen LogP contribution in [0, 0.1) is 0 Å². The van der Waals surface area contributed by atoms with E-state index in [4.69, 9.17) is 14.2 Å². The molecule has 1 atom stereocenters. The monoisotopic (exact) mass is 420 g/mol. The molecule has 5 rings (SSSR count). The molecule has 1 saturated heterocycles. The quantitative estimate of drug-likeness (QED) is 0.764. The molecule has 0 spiro atoms. The molecule has 0 saturated carbocycles. The van der Waals surface area contributed by atoms with E-state index in [-0.39, 0.29) is 24.6 Å². The van der Waals surface area contributed by atoms with E-state index in [1.807, 2.05) is 23.1 Å². The summed E-state index contributed by atoms with van der Waals surface area (Å²) >= 11 is 0. The zero-order valence-corrected chi connectivity index (χ0v) is 17.1. The first kappa shape index (κ1) is 19.5. The number of piperidine rings is 1. The molecule has 0 bridgehead atoms. The Morgan fingerprint density at radius 3 is 2.81 bits per heavy atom. The van der Waals surface area contributed by atoms with Crippen molar-refractivity contribution in [3.8, 4) is 17.2 Å². The number of ether oxygens (including phenoxy) is 3. The lowest BCUT2D eigenvalue weighted by Crippen LogP contribution is -2.45. The normalized spacial score (nSPS) is 19.8. The number of nitrogens with one attached hydrogen (secondary N) is 1. The number of fused-ring (bicyclic) bond motifs is 3. The van der Waals surface area contributed by atoms with Crippen LogP contribution in [0.2, 0.25) is 0 Å². The minimum Gasteiger partial charge on any atom is -0.493 e. The van der Waals surface area contributed by atoms with Gasteiger partial charge >= 0.3 is 0 Å². The van der Waals surface area contributed by atoms with E-state index in [0.717, 1.165) is 37.8 Å². The minimum atomic E-state index is -0.285. The predicted molar refractivity (Wildman–Crippen MR) is 115 cm³/mol. The first-order chi connectivity index (χ1) is 15.2. The van der Waals surface area contributed by atoms with Gasteiger partial charge in [0.05, 0.1) is 12.2 Å². The van der Waals surface area contributed by atoms with E-state index >= 15 is 0 Å². The van der Waals surface area contributed by atoms with Crippen LogP contribution in [0.15, 0.2) is 42.5 Å². The second-order valence-electron chi connectivity index (χ2n) is 7.93. The maximum absolute atomic E-state index is 13.2. The number of rotatable bonds is 3. The Morgan fingerprint density at radius 2 is 1.87 bits per heavy atom. The summed E-state index contributed by atoms with van der Waals surface area (Å²) in [5, 5.41) is 2.84. The van der Waals surface area contributed by atoms with Crippen molar-refractivity contribution in [1.82, 2.24) is 4.90 Å². The fourth-order valence-corrected chi connectivity index (χ4v) is 4.30. The zero-order valence-electron chi connectivity index (χ0n) is 17.1. The van der Waals surface area contributed by atoms with Crippen molar-refractivity contribution in [3.05, 3.63) is 53.6 Å². The Morgan fingerprint density at radius 1 is 1.00 bits per heavy atom. The van der Waals surface area contributed by atoms with Gasteiger partial charge in [-0.25, -0.2) is 0 Å². The molecular formula is C24H24N2O5. The Kier molecular flexibility index (Phi) is 5.24. The molecule has 2 amide bonds. The topological polar surface area (TPSA) is 77.1 Å². The van der Waals surface area contributed by atoms with Gasteiger partial charge in [0.25, 0.3) is 5.91 Å². The maximum atomic E-state index is 13.2. The second-order valence-corrected chi connectivity index (χ2v) is 7.93. The summed E-state index contributed by atoms with van der Waals surface area (Å²) in [6.45, 7) is 1.57. The third-order valence-corrected chi connectivity index (χ3v) is 5.90. The fourth-order valence-electron chi connectivity index (χ4n) is 4.30. The summed E-state index contributed by atoms with van der Waals surface area (Å²) in [7, 11) is 0. The number of hydrogen-bond donors (Lipinski definition) is 1. The maximum Gasteiger partial charge on any atom is 0.257 e. The van der Waals surface area contributed by atoms with Crippen molar-refractivity contribution in [2.45, 2.75) is 31.7 Å². The lowest BCUT2D eigenvalue weighted by molar-refractivity contribution is -0.111. The van der Waals surface area contributed by atoms with Crippen LogP contribution in [0.3, 0.4) is 0 Å². The van der Waals surface area contributed by atoms with E-state index in [0.29, 0.717) is 35.1 Å². The van der Waals surface area contributed by atoms with E-state index < -0.39 is 0 Å². The van der Waals surface area contributed by atoms with Gasteiger partial charge in [0, 0.05) is 30.8 Å². The Bertz CT molecular complexity index is 1050. The fraction of sp³-hybridized carbons (Fsp3) is 0.333. The van der Waals surface area contributed by atoms with Gasteiger partial charge in [-0.1, -0.05) is 6.07 Å². The molecule has 7 nitrogen and oxygen atoms in total. The highest BCUT2D eigenvalue weighted by Crippen LogP contribution is 2.33. The van der Waals surface area contributed by atoms with Crippen molar-refractivity contribution in [3.63, 3.8) is 0 Å². The number of hydrogen-bond acceptors (Lipinski definition) is 5.